The van der Waals surface area contributed by atoms with Gasteiger partial charge in [0.15, 0.2) is 5.82 Å². The maximum Gasteiger partial charge on any atom is 0.307 e. The van der Waals surface area contributed by atoms with Crippen molar-refractivity contribution in [3.8, 4) is 0 Å². The van der Waals surface area contributed by atoms with E-state index in [-0.39, 0.29) is 11.8 Å². The fourth-order valence-electron chi connectivity index (χ4n) is 3.56. The molecule has 2 aromatic heterocycles. The first-order valence-electron chi connectivity index (χ1n) is 7.58. The topological polar surface area (TPSA) is 80.4 Å². The zero-order chi connectivity index (χ0) is 14.6. The van der Waals surface area contributed by atoms with Crippen molar-refractivity contribution in [3.05, 3.63) is 10.8 Å². The Kier molecular flexibility index (Phi) is 2.99. The third-order valence-electron chi connectivity index (χ3n) is 4.93. The smallest absolute Gasteiger partial charge is 0.307 e. The maximum atomic E-state index is 11.5. The van der Waals surface area contributed by atoms with Gasteiger partial charge in [0.2, 0.25) is 4.96 Å². The van der Waals surface area contributed by atoms with Gasteiger partial charge >= 0.3 is 5.97 Å². The second-order valence-electron chi connectivity index (χ2n) is 6.45. The fraction of sp³-hybridized carbons (Fsp3) is 0.714. The molecule has 0 radical (unpaired) electrons. The Morgan fingerprint density at radius 2 is 2.14 bits per heavy atom. The molecule has 2 aromatic rings. The van der Waals surface area contributed by atoms with Crippen molar-refractivity contribution in [1.82, 2.24) is 19.8 Å². The highest BCUT2D eigenvalue weighted by atomic mass is 32.1. The van der Waals surface area contributed by atoms with E-state index in [2.05, 4.69) is 22.2 Å². The van der Waals surface area contributed by atoms with Crippen molar-refractivity contribution in [2.45, 2.75) is 50.9 Å². The first-order valence-corrected chi connectivity index (χ1v) is 8.40. The molecule has 2 aliphatic carbocycles. The minimum absolute atomic E-state index is 0.0263. The highest BCUT2D eigenvalue weighted by molar-refractivity contribution is 7.16. The molecule has 0 bridgehead atoms. The number of carboxylic acids is 1. The minimum atomic E-state index is -0.700. The lowest BCUT2D eigenvalue weighted by Crippen LogP contribution is -2.17. The van der Waals surface area contributed by atoms with Gasteiger partial charge in [0.1, 0.15) is 5.01 Å². The predicted molar refractivity (Wildman–Crippen MR) is 77.5 cm³/mol. The van der Waals surface area contributed by atoms with E-state index in [0.29, 0.717) is 11.8 Å². The van der Waals surface area contributed by atoms with Crippen LogP contribution in [0.1, 0.15) is 61.7 Å². The number of carboxylic acid groups (broad SMARTS) is 1. The van der Waals surface area contributed by atoms with E-state index in [1.165, 1.54) is 17.8 Å². The lowest BCUT2D eigenvalue weighted by atomic mass is 9.85. The third-order valence-corrected chi connectivity index (χ3v) is 5.96. The summed E-state index contributed by atoms with van der Waals surface area (Å²) in [5, 5.41) is 23.5. The molecule has 0 saturated heterocycles. The van der Waals surface area contributed by atoms with Crippen molar-refractivity contribution in [1.29, 1.82) is 0 Å². The van der Waals surface area contributed by atoms with Gasteiger partial charge in [0.25, 0.3) is 0 Å². The van der Waals surface area contributed by atoms with E-state index in [1.807, 2.05) is 4.52 Å². The first kappa shape index (κ1) is 13.2. The number of hydrogen-bond donors (Lipinski definition) is 1. The molecule has 3 atom stereocenters. The van der Waals surface area contributed by atoms with E-state index in [4.69, 9.17) is 0 Å². The highest BCUT2D eigenvalue weighted by Crippen LogP contribution is 2.44. The quantitative estimate of drug-likeness (QED) is 0.943. The number of aliphatic carboxylic acids is 1. The first-order chi connectivity index (χ1) is 10.1. The lowest BCUT2D eigenvalue weighted by molar-refractivity contribution is -0.142. The molecule has 6 nitrogen and oxygen atoms in total. The van der Waals surface area contributed by atoms with Gasteiger partial charge in [0, 0.05) is 11.8 Å². The number of nitrogens with zero attached hydrogens (tertiary/aromatic N) is 4. The van der Waals surface area contributed by atoms with Gasteiger partial charge in [-0.15, -0.1) is 10.2 Å². The third kappa shape index (κ3) is 2.06. The fourth-order valence-corrected chi connectivity index (χ4v) is 4.58. The van der Waals surface area contributed by atoms with Crippen molar-refractivity contribution in [2.75, 3.05) is 0 Å². The van der Waals surface area contributed by atoms with Crippen LogP contribution in [-0.2, 0) is 4.79 Å². The van der Waals surface area contributed by atoms with Crippen LogP contribution in [0.2, 0.25) is 0 Å². The Morgan fingerprint density at radius 1 is 1.33 bits per heavy atom. The van der Waals surface area contributed by atoms with Crippen LogP contribution in [0.5, 0.6) is 0 Å². The molecule has 2 fully saturated rings. The minimum Gasteiger partial charge on any atom is -0.481 e. The summed E-state index contributed by atoms with van der Waals surface area (Å²) in [4.78, 5) is 12.3. The normalized spacial score (nSPS) is 29.9. The Labute approximate surface area is 126 Å². The number of aromatic nitrogens is 4. The summed E-state index contributed by atoms with van der Waals surface area (Å²) in [6.45, 7) is 2.12. The summed E-state index contributed by atoms with van der Waals surface area (Å²) in [6, 6.07) is 0. The molecule has 0 aliphatic heterocycles. The second kappa shape index (κ2) is 4.76. The molecule has 112 valence electrons. The monoisotopic (exact) mass is 306 g/mol. The lowest BCUT2D eigenvalue weighted by Gasteiger charge is -2.22. The average Bonchev–Trinajstić information content (AvgIpc) is 3.01. The summed E-state index contributed by atoms with van der Waals surface area (Å²) in [5.74, 6) is 0.893. The molecular weight excluding hydrogens is 288 g/mol. The maximum absolute atomic E-state index is 11.5. The van der Waals surface area contributed by atoms with Gasteiger partial charge in [-0.3, -0.25) is 4.79 Å². The summed E-state index contributed by atoms with van der Waals surface area (Å²) >= 11 is 1.51. The molecule has 0 amide bonds. The van der Waals surface area contributed by atoms with E-state index >= 15 is 0 Å². The average molecular weight is 306 g/mol. The molecule has 2 saturated carbocycles. The summed E-state index contributed by atoms with van der Waals surface area (Å²) in [5.41, 5.74) is 0. The van der Waals surface area contributed by atoms with Gasteiger partial charge in [0.05, 0.1) is 5.92 Å². The van der Waals surface area contributed by atoms with E-state index < -0.39 is 5.97 Å². The SMILES string of the molecule is CC1CC(C(=O)O)C(c2nn3c(C4CCC4)nnc3s2)C1. The Bertz CT molecular complexity index is 690. The van der Waals surface area contributed by atoms with Crippen molar-refractivity contribution >= 4 is 22.3 Å². The zero-order valence-corrected chi connectivity index (χ0v) is 12.7. The van der Waals surface area contributed by atoms with Crippen LogP contribution in [0.15, 0.2) is 0 Å². The van der Waals surface area contributed by atoms with Crippen molar-refractivity contribution in [3.63, 3.8) is 0 Å². The number of hydrogen-bond acceptors (Lipinski definition) is 5. The summed E-state index contributed by atoms with van der Waals surface area (Å²) in [6.07, 6.45) is 5.21. The van der Waals surface area contributed by atoms with Crippen LogP contribution in [0.3, 0.4) is 0 Å². The molecule has 21 heavy (non-hydrogen) atoms. The molecule has 2 heterocycles. The number of rotatable bonds is 3. The number of carbonyl (C=O) groups is 1. The zero-order valence-electron chi connectivity index (χ0n) is 11.9. The van der Waals surface area contributed by atoms with E-state index in [1.54, 1.807) is 0 Å². The molecule has 0 aromatic carbocycles. The van der Waals surface area contributed by atoms with Crippen molar-refractivity contribution in [2.24, 2.45) is 11.8 Å². The Balaban J connectivity index is 1.70. The van der Waals surface area contributed by atoms with E-state index in [9.17, 15) is 9.90 Å². The Hall–Kier alpha value is -1.50. The standard InChI is InChI=1S/C14H18N4O2S/c1-7-5-9(10(6-7)13(19)20)12-17-18-11(8-3-2-4-8)15-16-14(18)21-12/h7-10H,2-6H2,1H3,(H,19,20). The van der Waals surface area contributed by atoms with Crippen molar-refractivity contribution < 1.29 is 9.90 Å². The molecule has 0 spiro atoms. The summed E-state index contributed by atoms with van der Waals surface area (Å²) < 4.78 is 1.85. The molecule has 7 heteroatoms. The largest absolute Gasteiger partial charge is 0.481 e. The molecule has 4 rings (SSSR count). The van der Waals surface area contributed by atoms with Gasteiger partial charge in [-0.2, -0.15) is 9.61 Å². The van der Waals surface area contributed by atoms with Gasteiger partial charge in [-0.1, -0.05) is 24.7 Å². The molecular formula is C14H18N4O2S. The second-order valence-corrected chi connectivity index (χ2v) is 7.44. The predicted octanol–water partition coefficient (Wildman–Crippen LogP) is 2.67. The van der Waals surface area contributed by atoms with Crippen LogP contribution < -0.4 is 0 Å². The summed E-state index contributed by atoms with van der Waals surface area (Å²) in [7, 11) is 0. The van der Waals surface area contributed by atoms with Crippen LogP contribution in [-0.4, -0.2) is 30.9 Å². The van der Waals surface area contributed by atoms with Gasteiger partial charge in [-0.25, -0.2) is 0 Å². The van der Waals surface area contributed by atoms with Gasteiger partial charge < -0.3 is 5.11 Å². The van der Waals surface area contributed by atoms with E-state index in [0.717, 1.165) is 41.5 Å². The number of fused-ring (bicyclic) bond motifs is 1. The molecule has 1 N–H and O–H groups in total. The van der Waals surface area contributed by atoms with Crippen LogP contribution in [0.4, 0.5) is 0 Å². The van der Waals surface area contributed by atoms with Crippen LogP contribution in [0.25, 0.3) is 4.96 Å². The van der Waals surface area contributed by atoms with Crippen LogP contribution in [0, 0.1) is 11.8 Å². The van der Waals surface area contributed by atoms with Crippen LogP contribution >= 0.6 is 11.3 Å². The van der Waals surface area contributed by atoms with Gasteiger partial charge in [-0.05, 0) is 31.6 Å². The molecule has 2 aliphatic rings. The molecule has 3 unspecified atom stereocenters. The highest BCUT2D eigenvalue weighted by Gasteiger charge is 2.40. The Morgan fingerprint density at radius 3 is 2.81 bits per heavy atom.